The van der Waals surface area contributed by atoms with Crippen molar-refractivity contribution in [2.75, 3.05) is 6.61 Å². The second-order valence-electron chi connectivity index (χ2n) is 5.79. The van der Waals surface area contributed by atoms with Gasteiger partial charge in [-0.3, -0.25) is 4.79 Å². The average Bonchev–Trinajstić information content (AvgIpc) is 3.17. The molecule has 0 amide bonds. The van der Waals surface area contributed by atoms with Crippen LogP contribution in [0.1, 0.15) is 12.7 Å². The Bertz CT molecular complexity index is 1170. The molecule has 2 heterocycles. The fourth-order valence-corrected chi connectivity index (χ4v) is 3.41. The first-order valence-corrected chi connectivity index (χ1v) is 9.87. The van der Waals surface area contributed by atoms with Crippen molar-refractivity contribution in [1.29, 1.82) is 0 Å². The number of aromatic nitrogens is 4. The van der Waals surface area contributed by atoms with Gasteiger partial charge in [0.2, 0.25) is 5.89 Å². The summed E-state index contributed by atoms with van der Waals surface area (Å²) in [5.41, 5.74) is 1.16. The predicted octanol–water partition coefficient (Wildman–Crippen LogP) is 4.32. The van der Waals surface area contributed by atoms with Crippen LogP contribution >= 0.6 is 23.4 Å². The van der Waals surface area contributed by atoms with E-state index in [-0.39, 0.29) is 5.56 Å². The second-order valence-corrected chi connectivity index (χ2v) is 7.16. The molecule has 0 saturated heterocycles. The lowest BCUT2D eigenvalue weighted by Gasteiger charge is -2.02. The molecule has 4 aromatic rings. The van der Waals surface area contributed by atoms with Gasteiger partial charge >= 0.3 is 0 Å². The summed E-state index contributed by atoms with van der Waals surface area (Å²) in [6, 6.07) is 12.4. The van der Waals surface area contributed by atoms with Crippen LogP contribution in [0, 0.1) is 0 Å². The van der Waals surface area contributed by atoms with Gasteiger partial charge in [-0.05, 0) is 49.4 Å². The van der Waals surface area contributed by atoms with E-state index in [0.29, 0.717) is 45.2 Å². The minimum absolute atomic E-state index is 0.233. The van der Waals surface area contributed by atoms with E-state index in [1.807, 2.05) is 31.2 Å². The van der Waals surface area contributed by atoms with Crippen molar-refractivity contribution in [3.8, 4) is 17.2 Å². The summed E-state index contributed by atoms with van der Waals surface area (Å²) >= 11 is 7.23. The SMILES string of the molecule is CCOc1ccc(-c2nnc(SCc3nc4ccc(Cl)cc4c(=O)[nH]3)o2)cc1. The van der Waals surface area contributed by atoms with Gasteiger partial charge < -0.3 is 14.1 Å². The third-order valence-electron chi connectivity index (χ3n) is 3.87. The maximum atomic E-state index is 12.2. The van der Waals surface area contributed by atoms with Crippen LogP contribution in [0.3, 0.4) is 0 Å². The molecule has 9 heteroatoms. The highest BCUT2D eigenvalue weighted by Crippen LogP contribution is 2.26. The lowest BCUT2D eigenvalue weighted by Crippen LogP contribution is -2.11. The third-order valence-corrected chi connectivity index (χ3v) is 4.93. The van der Waals surface area contributed by atoms with E-state index in [2.05, 4.69) is 20.2 Å². The number of fused-ring (bicyclic) bond motifs is 1. The molecule has 7 nitrogen and oxygen atoms in total. The van der Waals surface area contributed by atoms with Crippen molar-refractivity contribution in [2.45, 2.75) is 17.9 Å². The highest BCUT2D eigenvalue weighted by atomic mass is 35.5. The molecule has 0 saturated carbocycles. The molecule has 0 bridgehead atoms. The molecule has 142 valence electrons. The number of hydrogen-bond acceptors (Lipinski definition) is 7. The van der Waals surface area contributed by atoms with E-state index >= 15 is 0 Å². The van der Waals surface area contributed by atoms with Crippen LogP contribution in [-0.2, 0) is 5.75 Å². The summed E-state index contributed by atoms with van der Waals surface area (Å²) in [7, 11) is 0. The minimum Gasteiger partial charge on any atom is -0.494 e. The maximum Gasteiger partial charge on any atom is 0.277 e. The van der Waals surface area contributed by atoms with Crippen molar-refractivity contribution in [2.24, 2.45) is 0 Å². The number of ether oxygens (including phenoxy) is 1. The fraction of sp³-hybridized carbons (Fsp3) is 0.158. The van der Waals surface area contributed by atoms with Crippen molar-refractivity contribution in [3.05, 3.63) is 63.7 Å². The number of rotatable bonds is 6. The van der Waals surface area contributed by atoms with Crippen LogP contribution in [0.15, 0.2) is 56.9 Å². The molecule has 0 aliphatic rings. The van der Waals surface area contributed by atoms with Gasteiger partial charge in [0.15, 0.2) is 0 Å². The van der Waals surface area contributed by atoms with E-state index < -0.39 is 0 Å². The fourth-order valence-electron chi connectivity index (χ4n) is 2.60. The molecule has 1 N–H and O–H groups in total. The Morgan fingerprint density at radius 1 is 1.18 bits per heavy atom. The Balaban J connectivity index is 1.48. The molecular formula is C19H15ClN4O3S. The normalized spacial score (nSPS) is 11.1. The summed E-state index contributed by atoms with van der Waals surface area (Å²) < 4.78 is 11.1. The summed E-state index contributed by atoms with van der Waals surface area (Å²) in [5, 5.41) is 9.45. The minimum atomic E-state index is -0.233. The number of nitrogens with zero attached hydrogens (tertiary/aromatic N) is 3. The Labute approximate surface area is 169 Å². The van der Waals surface area contributed by atoms with Gasteiger partial charge in [-0.1, -0.05) is 23.4 Å². The van der Waals surface area contributed by atoms with Gasteiger partial charge in [-0.2, -0.15) is 0 Å². The number of halogens is 1. The summed E-state index contributed by atoms with van der Waals surface area (Å²) in [5.74, 6) is 2.11. The lowest BCUT2D eigenvalue weighted by molar-refractivity contribution is 0.340. The zero-order valence-corrected chi connectivity index (χ0v) is 16.4. The Kier molecular flexibility index (Phi) is 5.31. The van der Waals surface area contributed by atoms with E-state index in [0.717, 1.165) is 11.3 Å². The zero-order valence-electron chi connectivity index (χ0n) is 14.8. The summed E-state index contributed by atoms with van der Waals surface area (Å²) in [6.07, 6.45) is 0. The van der Waals surface area contributed by atoms with Crippen molar-refractivity contribution < 1.29 is 9.15 Å². The van der Waals surface area contributed by atoms with Gasteiger partial charge in [0.05, 0.1) is 23.3 Å². The van der Waals surface area contributed by atoms with Gasteiger partial charge in [-0.15, -0.1) is 10.2 Å². The summed E-state index contributed by atoms with van der Waals surface area (Å²) in [4.78, 5) is 19.4. The monoisotopic (exact) mass is 414 g/mol. The van der Waals surface area contributed by atoms with Crippen LogP contribution in [0.5, 0.6) is 5.75 Å². The second kappa shape index (κ2) is 8.04. The molecule has 0 aliphatic heterocycles. The largest absolute Gasteiger partial charge is 0.494 e. The van der Waals surface area contributed by atoms with E-state index in [4.69, 9.17) is 20.8 Å². The number of nitrogens with one attached hydrogen (secondary N) is 1. The van der Waals surface area contributed by atoms with Crippen LogP contribution in [0.25, 0.3) is 22.4 Å². The van der Waals surface area contributed by atoms with Gasteiger partial charge in [0.25, 0.3) is 10.8 Å². The maximum absolute atomic E-state index is 12.2. The smallest absolute Gasteiger partial charge is 0.277 e. The number of H-pyrrole nitrogens is 1. The first kappa shape index (κ1) is 18.5. The Morgan fingerprint density at radius 2 is 2.00 bits per heavy atom. The molecule has 0 spiro atoms. The van der Waals surface area contributed by atoms with Crippen molar-refractivity contribution in [1.82, 2.24) is 20.2 Å². The molecule has 0 radical (unpaired) electrons. The lowest BCUT2D eigenvalue weighted by atomic mass is 10.2. The van der Waals surface area contributed by atoms with Gasteiger partial charge in [0.1, 0.15) is 11.6 Å². The van der Waals surface area contributed by atoms with Crippen molar-refractivity contribution >= 4 is 34.3 Å². The van der Waals surface area contributed by atoms with E-state index in [1.165, 1.54) is 11.8 Å². The molecular weight excluding hydrogens is 400 g/mol. The molecule has 2 aromatic carbocycles. The number of aromatic amines is 1. The van der Waals surface area contributed by atoms with E-state index in [9.17, 15) is 4.79 Å². The molecule has 0 fully saturated rings. The zero-order chi connectivity index (χ0) is 19.5. The van der Waals surface area contributed by atoms with Crippen LogP contribution in [0.4, 0.5) is 0 Å². The van der Waals surface area contributed by atoms with Crippen LogP contribution < -0.4 is 10.3 Å². The molecule has 0 unspecified atom stereocenters. The average molecular weight is 415 g/mol. The van der Waals surface area contributed by atoms with Gasteiger partial charge in [0, 0.05) is 10.6 Å². The van der Waals surface area contributed by atoms with E-state index in [1.54, 1.807) is 18.2 Å². The molecule has 2 aromatic heterocycles. The Hall–Kier alpha value is -2.84. The van der Waals surface area contributed by atoms with Gasteiger partial charge in [-0.25, -0.2) is 4.98 Å². The highest BCUT2D eigenvalue weighted by Gasteiger charge is 2.11. The number of benzene rings is 2. The topological polar surface area (TPSA) is 93.9 Å². The third kappa shape index (κ3) is 4.02. The standard InChI is InChI=1S/C19H15ClN4O3S/c1-2-26-13-6-3-11(4-7-13)18-23-24-19(27-18)28-10-16-21-15-8-5-12(20)9-14(15)17(25)22-16/h3-9H,2,10H2,1H3,(H,21,22,25). The first-order chi connectivity index (χ1) is 13.6. The van der Waals surface area contributed by atoms with Crippen molar-refractivity contribution in [3.63, 3.8) is 0 Å². The predicted molar refractivity (Wildman–Crippen MR) is 108 cm³/mol. The van der Waals surface area contributed by atoms with Crippen LogP contribution in [0.2, 0.25) is 5.02 Å². The first-order valence-electron chi connectivity index (χ1n) is 8.50. The molecule has 0 aliphatic carbocycles. The Morgan fingerprint density at radius 3 is 2.79 bits per heavy atom. The molecule has 28 heavy (non-hydrogen) atoms. The highest BCUT2D eigenvalue weighted by molar-refractivity contribution is 7.98. The number of thioether (sulfide) groups is 1. The molecule has 0 atom stereocenters. The molecule has 4 rings (SSSR count). The number of hydrogen-bond donors (Lipinski definition) is 1. The van der Waals surface area contributed by atoms with Crippen LogP contribution in [-0.4, -0.2) is 26.8 Å². The quantitative estimate of drug-likeness (QED) is 0.469. The summed E-state index contributed by atoms with van der Waals surface area (Å²) in [6.45, 7) is 2.54.